The van der Waals surface area contributed by atoms with Gasteiger partial charge in [0.25, 0.3) is 11.5 Å². The lowest BCUT2D eigenvalue weighted by molar-refractivity contribution is -0.124. The first kappa shape index (κ1) is 22.6. The second-order valence-electron chi connectivity index (χ2n) is 9.55. The van der Waals surface area contributed by atoms with Gasteiger partial charge in [-0.25, -0.2) is 4.98 Å². The van der Waals surface area contributed by atoms with E-state index >= 15 is 0 Å². The van der Waals surface area contributed by atoms with E-state index in [9.17, 15) is 9.59 Å². The summed E-state index contributed by atoms with van der Waals surface area (Å²) < 4.78 is 2.14. The van der Waals surface area contributed by atoms with E-state index in [1.165, 1.54) is 31.0 Å². The molecule has 174 valence electrons. The Kier molecular flexibility index (Phi) is 6.56. The van der Waals surface area contributed by atoms with Crippen molar-refractivity contribution in [3.8, 4) is 0 Å². The fraction of sp³-hybridized carbons (Fsp3) is 0.520. The Balaban J connectivity index is 1.51. The van der Waals surface area contributed by atoms with Crippen LogP contribution in [0.5, 0.6) is 0 Å². The number of hydrogen-bond acceptors (Lipinski definition) is 6. The molecule has 0 bridgehead atoms. The van der Waals surface area contributed by atoms with Crippen LogP contribution in [0.3, 0.4) is 0 Å². The maximum Gasteiger partial charge on any atom is 0.267 e. The van der Waals surface area contributed by atoms with E-state index in [1.807, 2.05) is 18.2 Å². The van der Waals surface area contributed by atoms with Gasteiger partial charge in [-0.1, -0.05) is 56.2 Å². The highest BCUT2D eigenvalue weighted by Crippen LogP contribution is 2.37. The number of carbonyl (C=O) groups is 1. The third-order valence-corrected chi connectivity index (χ3v) is 8.49. The van der Waals surface area contributed by atoms with E-state index in [1.54, 1.807) is 21.6 Å². The van der Waals surface area contributed by atoms with Gasteiger partial charge in [-0.3, -0.25) is 18.9 Å². The van der Waals surface area contributed by atoms with Gasteiger partial charge < -0.3 is 5.32 Å². The fourth-order valence-electron chi connectivity index (χ4n) is 5.21. The summed E-state index contributed by atoms with van der Waals surface area (Å²) in [7, 11) is 0. The molecule has 3 fully saturated rings. The number of carbonyl (C=O) groups excluding carboxylic acids is 1. The number of pyridine rings is 1. The molecule has 33 heavy (non-hydrogen) atoms. The van der Waals surface area contributed by atoms with Gasteiger partial charge in [-0.05, 0) is 62.7 Å². The first-order valence-electron chi connectivity index (χ1n) is 12.1. The molecule has 1 aliphatic heterocycles. The van der Waals surface area contributed by atoms with Crippen LogP contribution in [0.1, 0.15) is 70.3 Å². The maximum atomic E-state index is 13.5. The minimum atomic E-state index is -0.171. The number of thiocarbonyl (C=S) groups is 1. The van der Waals surface area contributed by atoms with Crippen molar-refractivity contribution in [2.75, 3.05) is 5.32 Å². The lowest BCUT2D eigenvalue weighted by Gasteiger charge is -2.29. The molecule has 0 unspecified atom stereocenters. The Bertz CT molecular complexity index is 1160. The monoisotopic (exact) mass is 482 g/mol. The topological polar surface area (TPSA) is 66.7 Å². The first-order valence-corrected chi connectivity index (χ1v) is 13.3. The molecule has 6 nitrogen and oxygen atoms in total. The molecule has 1 amide bonds. The second-order valence-corrected chi connectivity index (χ2v) is 11.2. The van der Waals surface area contributed by atoms with Crippen LogP contribution in [0.4, 0.5) is 5.82 Å². The van der Waals surface area contributed by atoms with Gasteiger partial charge in [0.05, 0.1) is 10.5 Å². The molecule has 1 saturated heterocycles. The van der Waals surface area contributed by atoms with Gasteiger partial charge in [-0.15, -0.1) is 0 Å². The minimum absolute atomic E-state index is 0.0769. The summed E-state index contributed by atoms with van der Waals surface area (Å²) in [6.45, 7) is 2.29. The molecule has 8 heteroatoms. The highest BCUT2D eigenvalue weighted by atomic mass is 32.2. The van der Waals surface area contributed by atoms with Gasteiger partial charge >= 0.3 is 0 Å². The van der Waals surface area contributed by atoms with Gasteiger partial charge in [0.2, 0.25) is 0 Å². The van der Waals surface area contributed by atoms with Crippen molar-refractivity contribution in [2.45, 2.75) is 76.8 Å². The van der Waals surface area contributed by atoms with Crippen LogP contribution in [0, 0.1) is 5.92 Å². The number of fused-ring (bicyclic) bond motifs is 1. The number of rotatable bonds is 4. The summed E-state index contributed by atoms with van der Waals surface area (Å²) in [5.74, 6) is 1.22. The minimum Gasteiger partial charge on any atom is -0.367 e. The van der Waals surface area contributed by atoms with E-state index < -0.39 is 0 Å². The quantitative estimate of drug-likeness (QED) is 0.476. The van der Waals surface area contributed by atoms with Gasteiger partial charge in [0.1, 0.15) is 15.8 Å². The number of hydrogen-bond donors (Lipinski definition) is 1. The Morgan fingerprint density at radius 3 is 2.61 bits per heavy atom. The van der Waals surface area contributed by atoms with Crippen molar-refractivity contribution in [3.05, 3.63) is 45.2 Å². The van der Waals surface area contributed by atoms with Crippen molar-refractivity contribution >= 4 is 51.7 Å². The molecular formula is C25H30N4O2S2. The molecule has 0 atom stereocenters. The predicted molar refractivity (Wildman–Crippen MR) is 138 cm³/mol. The van der Waals surface area contributed by atoms with E-state index in [2.05, 4.69) is 12.2 Å². The molecule has 3 heterocycles. The summed E-state index contributed by atoms with van der Waals surface area (Å²) in [4.78, 5) is 33.9. The number of nitrogens with one attached hydrogen (secondary N) is 1. The van der Waals surface area contributed by atoms with Crippen molar-refractivity contribution in [1.82, 2.24) is 14.3 Å². The van der Waals surface area contributed by atoms with Crippen molar-refractivity contribution in [3.63, 3.8) is 0 Å². The zero-order valence-electron chi connectivity index (χ0n) is 19.0. The van der Waals surface area contributed by atoms with E-state index in [-0.39, 0.29) is 23.6 Å². The van der Waals surface area contributed by atoms with Crippen molar-refractivity contribution in [2.24, 2.45) is 5.92 Å². The molecule has 1 N–H and O–H groups in total. The third kappa shape index (κ3) is 4.60. The number of thioether (sulfide) groups is 1. The van der Waals surface area contributed by atoms with Crippen LogP contribution >= 0.6 is 24.0 Å². The van der Waals surface area contributed by atoms with E-state index in [0.717, 1.165) is 44.4 Å². The molecule has 0 radical (unpaired) electrons. The maximum absolute atomic E-state index is 13.5. The Labute approximate surface area is 203 Å². The molecule has 3 aliphatic rings. The van der Waals surface area contributed by atoms with Crippen LogP contribution in [-0.2, 0) is 4.79 Å². The summed E-state index contributed by atoms with van der Waals surface area (Å²) in [6.07, 6.45) is 13.3. The number of aromatic nitrogens is 2. The standard InChI is InChI=1S/C25H30N4O2S2/c1-16-10-12-17(13-11-16)26-22-19(23(30)28-14-6-5-9-21(28)27-22)15-20-24(31)29(25(32)33-20)18-7-3-2-4-8-18/h5-6,9,14-18,26H,2-4,7-8,10-13H2,1H3/b20-15+. The van der Waals surface area contributed by atoms with Crippen LogP contribution in [-0.4, -0.2) is 36.6 Å². The smallest absolute Gasteiger partial charge is 0.267 e. The highest BCUT2D eigenvalue weighted by molar-refractivity contribution is 8.26. The van der Waals surface area contributed by atoms with Crippen molar-refractivity contribution in [1.29, 1.82) is 0 Å². The molecule has 2 aromatic rings. The Hall–Kier alpha value is -2.19. The Morgan fingerprint density at radius 2 is 1.85 bits per heavy atom. The van der Waals surface area contributed by atoms with Crippen LogP contribution in [0.2, 0.25) is 0 Å². The van der Waals surface area contributed by atoms with E-state index in [0.29, 0.717) is 26.3 Å². The molecule has 0 aromatic carbocycles. The fourth-order valence-corrected chi connectivity index (χ4v) is 6.59. The average molecular weight is 483 g/mol. The zero-order valence-corrected chi connectivity index (χ0v) is 20.6. The zero-order chi connectivity index (χ0) is 22.9. The van der Waals surface area contributed by atoms with Gasteiger partial charge in [0.15, 0.2) is 0 Å². The number of nitrogens with zero attached hydrogens (tertiary/aromatic N) is 3. The number of anilines is 1. The molecular weight excluding hydrogens is 452 g/mol. The third-order valence-electron chi connectivity index (χ3n) is 7.16. The first-order chi connectivity index (χ1) is 16.0. The second kappa shape index (κ2) is 9.58. The largest absolute Gasteiger partial charge is 0.367 e. The molecule has 2 aromatic heterocycles. The van der Waals surface area contributed by atoms with Crippen molar-refractivity contribution < 1.29 is 4.79 Å². The molecule has 2 saturated carbocycles. The van der Waals surface area contributed by atoms with Gasteiger partial charge in [0, 0.05) is 18.3 Å². The number of amides is 1. The lowest BCUT2D eigenvalue weighted by atomic mass is 9.87. The predicted octanol–water partition coefficient (Wildman–Crippen LogP) is 5.22. The van der Waals surface area contributed by atoms with E-state index in [4.69, 9.17) is 17.2 Å². The molecule has 5 rings (SSSR count). The summed E-state index contributed by atoms with van der Waals surface area (Å²) in [5.41, 5.74) is 0.859. The average Bonchev–Trinajstić information content (AvgIpc) is 3.11. The summed E-state index contributed by atoms with van der Waals surface area (Å²) in [5, 5.41) is 3.54. The van der Waals surface area contributed by atoms with Gasteiger partial charge in [-0.2, -0.15) is 0 Å². The summed E-state index contributed by atoms with van der Waals surface area (Å²) in [6, 6.07) is 5.99. The van der Waals surface area contributed by atoms with Crippen LogP contribution in [0.25, 0.3) is 11.7 Å². The highest BCUT2D eigenvalue weighted by Gasteiger charge is 2.38. The normalized spacial score (nSPS) is 25.8. The van der Waals surface area contributed by atoms with Crippen LogP contribution < -0.4 is 10.9 Å². The Morgan fingerprint density at radius 1 is 1.09 bits per heavy atom. The SMILES string of the molecule is CC1CCC(Nc2nc3ccccn3c(=O)c2/C=C2/SC(=S)N(C3CCCCC3)C2=O)CC1. The summed E-state index contributed by atoms with van der Waals surface area (Å²) >= 11 is 6.89. The molecule has 0 spiro atoms. The van der Waals surface area contributed by atoms with Crippen LogP contribution in [0.15, 0.2) is 34.1 Å². The lowest BCUT2D eigenvalue weighted by Crippen LogP contribution is -2.39. The molecule has 2 aliphatic carbocycles.